The largest absolute Gasteiger partial charge is 0.496 e. The molecule has 0 atom stereocenters. The maximum atomic E-state index is 10.9. The first-order chi connectivity index (χ1) is 9.66. The lowest BCUT2D eigenvalue weighted by molar-refractivity contribution is 0.182. The molecule has 0 amide bonds. The van der Waals surface area contributed by atoms with Crippen LogP contribution in [0.15, 0.2) is 21.6 Å². The average Bonchev–Trinajstić information content (AvgIpc) is 2.88. The molecule has 1 aliphatic carbocycles. The minimum absolute atomic E-state index is 0.460. The first-order valence-corrected chi connectivity index (χ1v) is 7.41. The highest BCUT2D eigenvalue weighted by Gasteiger charge is 2.40. The first-order valence-electron chi connectivity index (χ1n) is 6.61. The Balaban J connectivity index is 2.65. The van der Waals surface area contributed by atoms with Gasteiger partial charge in [0.05, 0.1) is 13.7 Å². The third kappa shape index (κ3) is 2.80. The number of hydrogen-bond donors (Lipinski definition) is 0. The molecule has 1 aromatic carbocycles. The van der Waals surface area contributed by atoms with Crippen LogP contribution in [-0.4, -0.2) is 20.3 Å². The Morgan fingerprint density at radius 3 is 2.60 bits per heavy atom. The number of carbonyl (C=O) groups excluding carboxylic acids is 1. The molecule has 0 bridgehead atoms. The standard InChI is InChI=1S/C15H18BrNO3/c1-19-9-11-7-12(16)8-13(20-2)14(11)15(17-10-18)5-3-4-6-15/h7-8H,3-6,9H2,1-2H3. The molecule has 0 unspecified atom stereocenters. The Hall–Kier alpha value is -1.16. The van der Waals surface area contributed by atoms with E-state index in [4.69, 9.17) is 9.47 Å². The molecule has 20 heavy (non-hydrogen) atoms. The Kier molecular flexibility index (Phi) is 4.97. The lowest BCUT2D eigenvalue weighted by Crippen LogP contribution is -2.22. The lowest BCUT2D eigenvalue weighted by Gasteiger charge is -2.28. The molecule has 0 heterocycles. The van der Waals surface area contributed by atoms with Crippen LogP contribution in [0.5, 0.6) is 5.75 Å². The number of rotatable bonds is 5. The predicted octanol–water partition coefficient (Wildman–Crippen LogP) is 3.71. The van der Waals surface area contributed by atoms with E-state index in [1.165, 1.54) is 0 Å². The molecule has 5 heteroatoms. The quantitative estimate of drug-likeness (QED) is 0.606. The Morgan fingerprint density at radius 1 is 1.35 bits per heavy atom. The van der Waals surface area contributed by atoms with Gasteiger partial charge in [-0.15, -0.1) is 0 Å². The van der Waals surface area contributed by atoms with Gasteiger partial charge in [-0.3, -0.25) is 0 Å². The molecule has 1 saturated carbocycles. The summed E-state index contributed by atoms with van der Waals surface area (Å²) < 4.78 is 11.7. The van der Waals surface area contributed by atoms with Crippen molar-refractivity contribution in [2.45, 2.75) is 37.8 Å². The number of nitrogens with zero attached hydrogens (tertiary/aromatic N) is 1. The van der Waals surface area contributed by atoms with Crippen molar-refractivity contribution in [3.05, 3.63) is 27.7 Å². The van der Waals surface area contributed by atoms with Gasteiger partial charge in [0.1, 0.15) is 11.3 Å². The van der Waals surface area contributed by atoms with E-state index in [-0.39, 0.29) is 0 Å². The molecule has 0 aliphatic heterocycles. The van der Waals surface area contributed by atoms with Gasteiger partial charge in [-0.1, -0.05) is 28.8 Å². The molecular weight excluding hydrogens is 322 g/mol. The molecule has 0 aromatic heterocycles. The van der Waals surface area contributed by atoms with Crippen LogP contribution in [0.4, 0.5) is 0 Å². The molecule has 1 aromatic rings. The molecule has 1 aliphatic rings. The van der Waals surface area contributed by atoms with Crippen LogP contribution in [-0.2, 0) is 21.7 Å². The van der Waals surface area contributed by atoms with E-state index in [1.807, 2.05) is 12.1 Å². The summed E-state index contributed by atoms with van der Waals surface area (Å²) >= 11 is 3.48. The van der Waals surface area contributed by atoms with Gasteiger partial charge in [-0.05, 0) is 30.5 Å². The lowest BCUT2D eigenvalue weighted by atomic mass is 9.85. The molecule has 0 N–H and O–H groups in total. The fourth-order valence-corrected chi connectivity index (χ4v) is 3.54. The predicted molar refractivity (Wildman–Crippen MR) is 79.7 cm³/mol. The van der Waals surface area contributed by atoms with Crippen molar-refractivity contribution >= 4 is 22.0 Å². The van der Waals surface area contributed by atoms with Crippen LogP contribution in [0.2, 0.25) is 0 Å². The second-order valence-electron chi connectivity index (χ2n) is 5.02. The SMILES string of the molecule is COCc1cc(Br)cc(OC)c1C1(N=C=O)CCCC1. The third-order valence-corrected chi connectivity index (χ3v) is 4.28. The second-order valence-corrected chi connectivity index (χ2v) is 5.93. The van der Waals surface area contributed by atoms with Crippen molar-refractivity contribution in [2.75, 3.05) is 14.2 Å². The number of benzene rings is 1. The van der Waals surface area contributed by atoms with E-state index < -0.39 is 5.54 Å². The summed E-state index contributed by atoms with van der Waals surface area (Å²) in [5, 5.41) is 0. The van der Waals surface area contributed by atoms with Crippen molar-refractivity contribution in [1.29, 1.82) is 0 Å². The van der Waals surface area contributed by atoms with E-state index in [0.717, 1.165) is 47.0 Å². The fraction of sp³-hybridized carbons (Fsp3) is 0.533. The summed E-state index contributed by atoms with van der Waals surface area (Å²) in [4.78, 5) is 15.1. The molecule has 2 rings (SSSR count). The molecule has 0 radical (unpaired) electrons. The fourth-order valence-electron chi connectivity index (χ4n) is 3.06. The van der Waals surface area contributed by atoms with E-state index in [1.54, 1.807) is 20.3 Å². The zero-order chi connectivity index (χ0) is 14.6. The zero-order valence-electron chi connectivity index (χ0n) is 11.7. The van der Waals surface area contributed by atoms with Crippen LogP contribution in [0, 0.1) is 0 Å². The van der Waals surface area contributed by atoms with Gasteiger partial charge in [0, 0.05) is 17.1 Å². The van der Waals surface area contributed by atoms with Crippen LogP contribution in [0.25, 0.3) is 0 Å². The van der Waals surface area contributed by atoms with Gasteiger partial charge in [0.25, 0.3) is 0 Å². The van der Waals surface area contributed by atoms with Crippen LogP contribution in [0.1, 0.15) is 36.8 Å². The molecule has 0 saturated heterocycles. The Bertz CT molecular complexity index is 532. The number of isocyanates is 1. The number of hydrogen-bond acceptors (Lipinski definition) is 4. The van der Waals surface area contributed by atoms with Crippen LogP contribution >= 0.6 is 15.9 Å². The summed E-state index contributed by atoms with van der Waals surface area (Å²) in [6.07, 6.45) is 5.54. The molecule has 108 valence electrons. The van der Waals surface area contributed by atoms with Gasteiger partial charge in [-0.25, -0.2) is 4.79 Å². The smallest absolute Gasteiger partial charge is 0.235 e. The highest BCUT2D eigenvalue weighted by molar-refractivity contribution is 9.10. The van der Waals surface area contributed by atoms with Crippen molar-refractivity contribution in [2.24, 2.45) is 4.99 Å². The highest BCUT2D eigenvalue weighted by Crippen LogP contribution is 2.48. The minimum atomic E-state index is -0.512. The molecular formula is C15H18BrNO3. The number of aliphatic imine (C=N–C) groups is 1. The van der Waals surface area contributed by atoms with E-state index >= 15 is 0 Å². The van der Waals surface area contributed by atoms with Crippen LogP contribution in [0.3, 0.4) is 0 Å². The average molecular weight is 340 g/mol. The monoisotopic (exact) mass is 339 g/mol. The summed E-state index contributed by atoms with van der Waals surface area (Å²) in [5.41, 5.74) is 1.45. The summed E-state index contributed by atoms with van der Waals surface area (Å²) in [5.74, 6) is 0.743. The van der Waals surface area contributed by atoms with E-state index in [2.05, 4.69) is 20.9 Å². The summed E-state index contributed by atoms with van der Waals surface area (Å²) in [6, 6.07) is 3.91. The van der Waals surface area contributed by atoms with Gasteiger partial charge in [0.15, 0.2) is 0 Å². The minimum Gasteiger partial charge on any atom is -0.496 e. The maximum absolute atomic E-state index is 10.9. The van der Waals surface area contributed by atoms with Gasteiger partial charge in [0.2, 0.25) is 6.08 Å². The topological polar surface area (TPSA) is 47.9 Å². The number of methoxy groups -OCH3 is 2. The van der Waals surface area contributed by atoms with Crippen molar-refractivity contribution in [3.8, 4) is 5.75 Å². The molecule has 1 fully saturated rings. The first kappa shape index (κ1) is 15.2. The zero-order valence-corrected chi connectivity index (χ0v) is 13.3. The van der Waals surface area contributed by atoms with Gasteiger partial charge in [-0.2, -0.15) is 4.99 Å². The normalized spacial score (nSPS) is 16.8. The van der Waals surface area contributed by atoms with Crippen molar-refractivity contribution in [3.63, 3.8) is 0 Å². The van der Waals surface area contributed by atoms with Crippen LogP contribution < -0.4 is 4.74 Å². The Morgan fingerprint density at radius 2 is 2.05 bits per heavy atom. The van der Waals surface area contributed by atoms with Gasteiger partial charge < -0.3 is 9.47 Å². The van der Waals surface area contributed by atoms with Gasteiger partial charge >= 0.3 is 0 Å². The van der Waals surface area contributed by atoms with E-state index in [9.17, 15) is 4.79 Å². The third-order valence-electron chi connectivity index (χ3n) is 3.82. The number of halogens is 1. The van der Waals surface area contributed by atoms with Crippen molar-refractivity contribution < 1.29 is 14.3 Å². The highest BCUT2D eigenvalue weighted by atomic mass is 79.9. The summed E-state index contributed by atoms with van der Waals surface area (Å²) in [6.45, 7) is 0.460. The maximum Gasteiger partial charge on any atom is 0.235 e. The molecule has 0 spiro atoms. The Labute approximate surface area is 127 Å². The number of ether oxygens (including phenoxy) is 2. The molecule has 4 nitrogen and oxygen atoms in total. The van der Waals surface area contributed by atoms with Crippen molar-refractivity contribution in [1.82, 2.24) is 0 Å². The van der Waals surface area contributed by atoms with E-state index in [0.29, 0.717) is 6.61 Å². The summed E-state index contributed by atoms with van der Waals surface area (Å²) in [7, 11) is 3.29. The second kappa shape index (κ2) is 6.53.